The van der Waals surface area contributed by atoms with Crippen molar-refractivity contribution in [1.82, 2.24) is 5.32 Å². The van der Waals surface area contributed by atoms with Crippen LogP contribution < -0.4 is 10.2 Å². The maximum absolute atomic E-state index is 13.0. The Kier molecular flexibility index (Phi) is 7.32. The van der Waals surface area contributed by atoms with E-state index in [1.165, 1.54) is 35.8 Å². The molecule has 3 atom stereocenters. The Morgan fingerprint density at radius 3 is 2.69 bits per heavy atom. The predicted octanol–water partition coefficient (Wildman–Crippen LogP) is 6.33. The lowest BCUT2D eigenvalue weighted by atomic mass is 9.77. The summed E-state index contributed by atoms with van der Waals surface area (Å²) in [5.74, 6) is 1.25. The van der Waals surface area contributed by atoms with E-state index in [-0.39, 0.29) is 22.6 Å². The fraction of sp³-hybridized carbons (Fsp3) is 0.464. The maximum atomic E-state index is 13.0. The summed E-state index contributed by atoms with van der Waals surface area (Å²) in [6, 6.07) is 15.5. The molecule has 2 heterocycles. The third-order valence-corrected chi connectivity index (χ3v) is 8.76. The second-order valence-corrected chi connectivity index (χ2v) is 11.0. The number of nitro benzene ring substituents is 1. The summed E-state index contributed by atoms with van der Waals surface area (Å²) in [6.07, 6.45) is 8.60. The van der Waals surface area contributed by atoms with Crippen molar-refractivity contribution in [3.8, 4) is 0 Å². The number of benzene rings is 2. The molecule has 3 aromatic rings. The lowest BCUT2D eigenvalue weighted by Crippen LogP contribution is -2.44. The SMILES string of the molecule is O=C(Cc1csc2ccccc12)N[C@@H]1CCCC[C@H]1C[C@H]1CCCN(c2ccc([N+](=O)[O-])cc2)C1. The van der Waals surface area contributed by atoms with Gasteiger partial charge in [-0.1, -0.05) is 31.0 Å². The third kappa shape index (κ3) is 5.67. The van der Waals surface area contributed by atoms with Crippen LogP contribution in [0.15, 0.2) is 53.9 Å². The molecule has 7 heteroatoms. The molecule has 0 bridgehead atoms. The molecule has 0 spiro atoms. The third-order valence-electron chi connectivity index (χ3n) is 7.75. The van der Waals surface area contributed by atoms with Crippen molar-refractivity contribution in [3.63, 3.8) is 0 Å². The van der Waals surface area contributed by atoms with Gasteiger partial charge >= 0.3 is 0 Å². The number of nitrogens with one attached hydrogen (secondary N) is 1. The molecule has 1 aliphatic carbocycles. The van der Waals surface area contributed by atoms with Crippen molar-refractivity contribution in [2.24, 2.45) is 11.8 Å². The van der Waals surface area contributed by atoms with Gasteiger partial charge in [-0.3, -0.25) is 14.9 Å². The number of nitro groups is 1. The molecule has 184 valence electrons. The number of rotatable bonds is 7. The van der Waals surface area contributed by atoms with Crippen LogP contribution in [0, 0.1) is 22.0 Å². The Labute approximate surface area is 210 Å². The summed E-state index contributed by atoms with van der Waals surface area (Å²) in [6.45, 7) is 1.98. The number of amides is 1. The predicted molar refractivity (Wildman–Crippen MR) is 142 cm³/mol. The number of hydrogen-bond donors (Lipinski definition) is 1. The maximum Gasteiger partial charge on any atom is 0.269 e. The van der Waals surface area contributed by atoms with Crippen LogP contribution in [0.2, 0.25) is 0 Å². The van der Waals surface area contributed by atoms with E-state index in [4.69, 9.17) is 0 Å². The van der Waals surface area contributed by atoms with Crippen molar-refractivity contribution in [3.05, 3.63) is 69.6 Å². The second-order valence-electron chi connectivity index (χ2n) is 10.1. The summed E-state index contributed by atoms with van der Waals surface area (Å²) < 4.78 is 1.24. The van der Waals surface area contributed by atoms with Crippen molar-refractivity contribution < 1.29 is 9.72 Å². The van der Waals surface area contributed by atoms with E-state index in [1.54, 1.807) is 23.5 Å². The number of carbonyl (C=O) groups excluding carboxylic acids is 1. The summed E-state index contributed by atoms with van der Waals surface area (Å²) in [7, 11) is 0. The van der Waals surface area contributed by atoms with Crippen LogP contribution in [0.3, 0.4) is 0 Å². The first kappa shape index (κ1) is 23.8. The Bertz CT molecular complexity index is 1180. The molecule has 2 fully saturated rings. The van der Waals surface area contributed by atoms with E-state index in [2.05, 4.69) is 27.7 Å². The van der Waals surface area contributed by atoms with Crippen LogP contribution in [0.25, 0.3) is 10.1 Å². The van der Waals surface area contributed by atoms with Gasteiger partial charge in [0, 0.05) is 41.7 Å². The first-order valence-electron chi connectivity index (χ1n) is 12.8. The highest BCUT2D eigenvalue weighted by molar-refractivity contribution is 7.17. The highest BCUT2D eigenvalue weighted by Gasteiger charge is 2.31. The number of hydrogen-bond acceptors (Lipinski definition) is 5. The number of thiophene rings is 1. The molecule has 5 rings (SSSR count). The number of fused-ring (bicyclic) bond motifs is 1. The van der Waals surface area contributed by atoms with Crippen LogP contribution in [-0.2, 0) is 11.2 Å². The molecule has 1 aromatic heterocycles. The van der Waals surface area contributed by atoms with E-state index < -0.39 is 0 Å². The quantitative estimate of drug-likeness (QED) is 0.309. The van der Waals surface area contributed by atoms with E-state index in [0.717, 1.165) is 43.6 Å². The minimum atomic E-state index is -0.346. The van der Waals surface area contributed by atoms with Gasteiger partial charge in [0.15, 0.2) is 0 Å². The minimum Gasteiger partial charge on any atom is -0.371 e. The van der Waals surface area contributed by atoms with E-state index >= 15 is 0 Å². The Morgan fingerprint density at radius 2 is 1.86 bits per heavy atom. The number of piperidine rings is 1. The molecule has 1 saturated carbocycles. The number of non-ortho nitro benzene ring substituents is 1. The van der Waals surface area contributed by atoms with Gasteiger partial charge in [-0.2, -0.15) is 0 Å². The first-order chi connectivity index (χ1) is 17.1. The molecule has 2 aromatic carbocycles. The number of anilines is 1. The van der Waals surface area contributed by atoms with Crippen molar-refractivity contribution in [1.29, 1.82) is 0 Å². The second kappa shape index (κ2) is 10.8. The standard InChI is InChI=1S/C28H33N3O3S/c32-28(17-22-19-35-27-10-4-2-8-25(22)27)29-26-9-3-1-7-21(26)16-20-6-5-15-30(18-20)23-11-13-24(14-12-23)31(33)34/h2,4,8,10-14,19-21,26H,1,3,5-7,9,15-18H2,(H,29,32)/t20-,21+,26-/m1/s1. The van der Waals surface area contributed by atoms with Crippen molar-refractivity contribution >= 4 is 38.7 Å². The van der Waals surface area contributed by atoms with Gasteiger partial charge in [0.2, 0.25) is 5.91 Å². The van der Waals surface area contributed by atoms with E-state index in [9.17, 15) is 14.9 Å². The minimum absolute atomic E-state index is 0.138. The molecule has 35 heavy (non-hydrogen) atoms. The number of nitrogens with zero attached hydrogens (tertiary/aromatic N) is 2. The molecule has 2 aliphatic rings. The monoisotopic (exact) mass is 491 g/mol. The average molecular weight is 492 g/mol. The van der Waals surface area contributed by atoms with Crippen LogP contribution in [0.1, 0.15) is 50.5 Å². The summed E-state index contributed by atoms with van der Waals surface area (Å²) >= 11 is 1.71. The Balaban J connectivity index is 1.19. The van der Waals surface area contributed by atoms with E-state index in [0.29, 0.717) is 18.3 Å². The molecule has 1 N–H and O–H groups in total. The summed E-state index contributed by atoms with van der Waals surface area (Å²) in [4.78, 5) is 26.0. The average Bonchev–Trinajstić information content (AvgIpc) is 3.28. The largest absolute Gasteiger partial charge is 0.371 e. The summed E-state index contributed by atoms with van der Waals surface area (Å²) in [5.41, 5.74) is 2.33. The van der Waals surface area contributed by atoms with Crippen LogP contribution in [0.4, 0.5) is 11.4 Å². The molecule has 0 radical (unpaired) electrons. The molecular formula is C28H33N3O3S. The first-order valence-corrected chi connectivity index (χ1v) is 13.7. The molecule has 1 aliphatic heterocycles. The Hall–Kier alpha value is -2.93. The molecule has 6 nitrogen and oxygen atoms in total. The normalized spacial score (nSPS) is 22.7. The van der Waals surface area contributed by atoms with Gasteiger partial charge in [0.05, 0.1) is 11.3 Å². The highest BCUT2D eigenvalue weighted by atomic mass is 32.1. The highest BCUT2D eigenvalue weighted by Crippen LogP contribution is 2.34. The van der Waals surface area contributed by atoms with Gasteiger partial charge in [-0.25, -0.2) is 0 Å². The van der Waals surface area contributed by atoms with Gasteiger partial charge in [-0.05, 0) is 78.5 Å². The van der Waals surface area contributed by atoms with Crippen LogP contribution in [-0.4, -0.2) is 30.0 Å². The van der Waals surface area contributed by atoms with Crippen LogP contribution >= 0.6 is 11.3 Å². The zero-order valence-electron chi connectivity index (χ0n) is 20.0. The van der Waals surface area contributed by atoms with Gasteiger partial charge in [-0.15, -0.1) is 11.3 Å². The fourth-order valence-electron chi connectivity index (χ4n) is 5.99. The van der Waals surface area contributed by atoms with Crippen molar-refractivity contribution in [2.75, 3.05) is 18.0 Å². The molecular weight excluding hydrogens is 458 g/mol. The van der Waals surface area contributed by atoms with Gasteiger partial charge in [0.1, 0.15) is 0 Å². The zero-order chi connectivity index (χ0) is 24.2. The van der Waals surface area contributed by atoms with Crippen molar-refractivity contribution in [2.45, 2.75) is 57.4 Å². The van der Waals surface area contributed by atoms with Gasteiger partial charge < -0.3 is 10.2 Å². The molecule has 1 saturated heterocycles. The van der Waals surface area contributed by atoms with Crippen LogP contribution in [0.5, 0.6) is 0 Å². The number of carbonyl (C=O) groups is 1. The molecule has 0 unspecified atom stereocenters. The smallest absolute Gasteiger partial charge is 0.269 e. The molecule has 1 amide bonds. The van der Waals surface area contributed by atoms with E-state index in [1.807, 2.05) is 24.3 Å². The summed E-state index contributed by atoms with van der Waals surface area (Å²) in [5, 5.41) is 17.7. The van der Waals surface area contributed by atoms with Gasteiger partial charge in [0.25, 0.3) is 5.69 Å². The lowest BCUT2D eigenvalue weighted by molar-refractivity contribution is -0.384. The Morgan fingerprint density at radius 1 is 1.06 bits per heavy atom. The zero-order valence-corrected chi connectivity index (χ0v) is 20.8. The fourth-order valence-corrected chi connectivity index (χ4v) is 6.95. The lowest BCUT2D eigenvalue weighted by Gasteiger charge is -2.39. The topological polar surface area (TPSA) is 75.5 Å².